The first-order valence-corrected chi connectivity index (χ1v) is 12.2. The average molecular weight is 457 g/mol. The van der Waals surface area contributed by atoms with E-state index in [0.29, 0.717) is 24.7 Å². The first-order valence-electron chi connectivity index (χ1n) is 10.8. The summed E-state index contributed by atoms with van der Waals surface area (Å²) in [6, 6.07) is 6.45. The van der Waals surface area contributed by atoms with Crippen LogP contribution < -0.4 is 15.8 Å². The van der Waals surface area contributed by atoms with Gasteiger partial charge in [0, 0.05) is 30.1 Å². The molecule has 0 spiro atoms. The summed E-state index contributed by atoms with van der Waals surface area (Å²) >= 11 is 1.86. The number of nitrogens with zero attached hydrogens (tertiary/aromatic N) is 5. The Bertz CT molecular complexity index is 996. The number of hydrogen-bond acceptors (Lipinski definition) is 9. The van der Waals surface area contributed by atoms with Crippen LogP contribution in [0.4, 0.5) is 11.8 Å². The first kappa shape index (κ1) is 23.8. The highest BCUT2D eigenvalue weighted by molar-refractivity contribution is 7.98. The maximum atomic E-state index is 6.01. The van der Waals surface area contributed by atoms with Crippen LogP contribution in [-0.4, -0.2) is 55.8 Å². The number of tetrazole rings is 1. The number of hydrogen-bond donors (Lipinski definition) is 3. The van der Waals surface area contributed by atoms with Crippen LogP contribution in [0, 0.1) is 6.92 Å². The molecule has 0 fully saturated rings. The molecular weight excluding hydrogens is 424 g/mol. The van der Waals surface area contributed by atoms with Crippen molar-refractivity contribution in [3.63, 3.8) is 0 Å². The topological polar surface area (TPSA) is 128 Å². The Morgan fingerprint density at radius 2 is 2.06 bits per heavy atom. The van der Waals surface area contributed by atoms with Crippen molar-refractivity contribution < 1.29 is 4.74 Å². The molecule has 4 N–H and O–H groups in total. The molecule has 0 aliphatic heterocycles. The monoisotopic (exact) mass is 456 g/mol. The van der Waals surface area contributed by atoms with Crippen LogP contribution in [0.2, 0.25) is 0 Å². The molecule has 2 aromatic heterocycles. The predicted molar refractivity (Wildman–Crippen MR) is 129 cm³/mol. The molecule has 32 heavy (non-hydrogen) atoms. The fraction of sp³-hybridized carbons (Fsp3) is 0.500. The molecule has 0 bridgehead atoms. The van der Waals surface area contributed by atoms with Crippen molar-refractivity contribution in [2.24, 2.45) is 0 Å². The van der Waals surface area contributed by atoms with Crippen LogP contribution in [0.25, 0.3) is 0 Å². The number of nitrogens with two attached hydrogens (primary N) is 1. The molecule has 10 heteroatoms. The van der Waals surface area contributed by atoms with Crippen LogP contribution in [0.15, 0.2) is 18.2 Å². The van der Waals surface area contributed by atoms with Gasteiger partial charge in [-0.1, -0.05) is 30.7 Å². The number of aromatic nitrogens is 6. The Hall–Kier alpha value is -2.88. The molecular formula is C22H32N8OS. The molecule has 0 amide bonds. The van der Waals surface area contributed by atoms with E-state index in [2.05, 4.69) is 55.2 Å². The molecule has 3 aromatic rings. The number of thioether (sulfide) groups is 1. The van der Waals surface area contributed by atoms with Gasteiger partial charge in [0.25, 0.3) is 0 Å². The highest BCUT2D eigenvalue weighted by Gasteiger charge is 2.18. The molecule has 1 aromatic carbocycles. The molecule has 0 aliphatic rings. The number of methoxy groups -OCH3 is 1. The highest BCUT2D eigenvalue weighted by atomic mass is 32.2. The van der Waals surface area contributed by atoms with E-state index in [0.717, 1.165) is 59.0 Å². The summed E-state index contributed by atoms with van der Waals surface area (Å²) < 4.78 is 5.65. The third-order valence-electron chi connectivity index (χ3n) is 5.34. The van der Waals surface area contributed by atoms with Gasteiger partial charge in [-0.2, -0.15) is 22.0 Å². The smallest absolute Gasteiger partial charge is 0.222 e. The summed E-state index contributed by atoms with van der Waals surface area (Å²) in [6.07, 6.45) is 6.59. The molecule has 0 radical (unpaired) electrons. The van der Waals surface area contributed by atoms with Crippen LogP contribution in [0.5, 0.6) is 5.75 Å². The van der Waals surface area contributed by atoms with Crippen molar-refractivity contribution in [2.75, 3.05) is 30.2 Å². The summed E-state index contributed by atoms with van der Waals surface area (Å²) in [7, 11) is 1.68. The minimum absolute atomic E-state index is 0.284. The molecule has 9 nitrogen and oxygen atoms in total. The van der Waals surface area contributed by atoms with Crippen molar-refractivity contribution in [3.8, 4) is 5.75 Å². The fourth-order valence-corrected chi connectivity index (χ4v) is 4.27. The largest absolute Gasteiger partial charge is 0.496 e. The Balaban J connectivity index is 1.92. The van der Waals surface area contributed by atoms with E-state index in [-0.39, 0.29) is 5.95 Å². The number of aryl methyl sites for hydroxylation is 1. The van der Waals surface area contributed by atoms with Crippen LogP contribution in [-0.2, 0) is 12.8 Å². The number of aromatic amines is 1. The van der Waals surface area contributed by atoms with Crippen LogP contribution >= 0.6 is 11.8 Å². The summed E-state index contributed by atoms with van der Waals surface area (Å²) in [4.78, 5) is 9.01. The van der Waals surface area contributed by atoms with Gasteiger partial charge in [-0.25, -0.2) is 4.98 Å². The van der Waals surface area contributed by atoms with E-state index >= 15 is 0 Å². The second-order valence-electron chi connectivity index (χ2n) is 7.73. The fourth-order valence-electron chi connectivity index (χ4n) is 3.75. The number of H-pyrrole nitrogens is 1. The normalized spacial score (nSPS) is 12.0. The van der Waals surface area contributed by atoms with Gasteiger partial charge in [0.05, 0.1) is 7.11 Å². The zero-order valence-electron chi connectivity index (χ0n) is 19.2. The van der Waals surface area contributed by atoms with E-state index in [4.69, 9.17) is 10.5 Å². The molecule has 0 aliphatic carbocycles. The predicted octanol–water partition coefficient (Wildman–Crippen LogP) is 3.40. The van der Waals surface area contributed by atoms with Gasteiger partial charge in [0.15, 0.2) is 5.82 Å². The van der Waals surface area contributed by atoms with Gasteiger partial charge >= 0.3 is 0 Å². The minimum Gasteiger partial charge on any atom is -0.496 e. The van der Waals surface area contributed by atoms with Gasteiger partial charge in [-0.05, 0) is 49.0 Å². The quantitative estimate of drug-likeness (QED) is 0.375. The summed E-state index contributed by atoms with van der Waals surface area (Å²) in [5.41, 5.74) is 10.0. The number of rotatable bonds is 12. The number of anilines is 2. The van der Waals surface area contributed by atoms with Crippen molar-refractivity contribution in [2.45, 2.75) is 52.0 Å². The third kappa shape index (κ3) is 6.32. The van der Waals surface area contributed by atoms with E-state index in [1.807, 2.05) is 30.8 Å². The second-order valence-corrected chi connectivity index (χ2v) is 8.72. The Morgan fingerprint density at radius 3 is 2.75 bits per heavy atom. The summed E-state index contributed by atoms with van der Waals surface area (Å²) in [6.45, 7) is 4.18. The molecule has 172 valence electrons. The van der Waals surface area contributed by atoms with E-state index < -0.39 is 0 Å². The number of nitrogen functional groups attached to an aromatic ring is 1. The minimum atomic E-state index is 0.284. The number of benzene rings is 1. The molecule has 2 heterocycles. The molecule has 0 saturated carbocycles. The van der Waals surface area contributed by atoms with Crippen molar-refractivity contribution in [1.29, 1.82) is 0 Å². The first-order chi connectivity index (χ1) is 15.5. The number of nitrogens with one attached hydrogen (secondary N) is 2. The van der Waals surface area contributed by atoms with Crippen LogP contribution in [0.3, 0.4) is 0 Å². The summed E-state index contributed by atoms with van der Waals surface area (Å²) in [5.74, 6) is 3.65. The van der Waals surface area contributed by atoms with Gasteiger partial charge < -0.3 is 15.8 Å². The number of ether oxygens (including phenoxy) is 1. The highest BCUT2D eigenvalue weighted by Crippen LogP contribution is 2.29. The van der Waals surface area contributed by atoms with Crippen molar-refractivity contribution in [1.82, 2.24) is 30.6 Å². The van der Waals surface area contributed by atoms with E-state index in [1.165, 1.54) is 0 Å². The maximum Gasteiger partial charge on any atom is 0.222 e. The molecule has 0 unspecified atom stereocenters. The second kappa shape index (κ2) is 11.7. The summed E-state index contributed by atoms with van der Waals surface area (Å²) in [5, 5.41) is 17.9. The Kier molecular flexibility index (Phi) is 8.66. The lowest BCUT2D eigenvalue weighted by Crippen LogP contribution is -2.23. The lowest BCUT2D eigenvalue weighted by molar-refractivity contribution is 0.410. The van der Waals surface area contributed by atoms with Crippen molar-refractivity contribution >= 4 is 23.5 Å². The zero-order valence-corrected chi connectivity index (χ0v) is 20.0. The lowest BCUT2D eigenvalue weighted by atomic mass is 9.99. The SMILES string of the molecule is CCC[C@@H](CCSC)Nc1nc(N)nc(C)c1Cc1cc(Cc2nn[nH]n2)ccc1OC. The van der Waals surface area contributed by atoms with Gasteiger partial charge in [-0.3, -0.25) is 0 Å². The molecule has 0 saturated heterocycles. The van der Waals surface area contributed by atoms with Gasteiger partial charge in [0.2, 0.25) is 5.95 Å². The van der Waals surface area contributed by atoms with Gasteiger partial charge in [0.1, 0.15) is 11.6 Å². The standard InChI is InChI=1S/C22H32N8OS/c1-5-6-17(9-10-32-4)25-21-18(14(2)24-22(23)26-21)13-16-11-15(7-8-19(16)31-3)12-20-27-29-30-28-20/h7-8,11,17H,5-6,9-10,12-13H2,1-4H3,(H3,23,24,25,26)(H,27,28,29,30)/t17-/m0/s1. The van der Waals surface area contributed by atoms with E-state index in [9.17, 15) is 0 Å². The molecule has 3 rings (SSSR count). The van der Waals surface area contributed by atoms with E-state index in [1.54, 1.807) is 7.11 Å². The Morgan fingerprint density at radius 1 is 1.22 bits per heavy atom. The average Bonchev–Trinajstić information content (AvgIpc) is 3.28. The Labute approximate surface area is 193 Å². The zero-order chi connectivity index (χ0) is 22.9. The lowest BCUT2D eigenvalue weighted by Gasteiger charge is -2.22. The molecule has 1 atom stereocenters. The van der Waals surface area contributed by atoms with Gasteiger partial charge in [-0.15, -0.1) is 10.2 Å². The third-order valence-corrected chi connectivity index (χ3v) is 5.99. The van der Waals surface area contributed by atoms with Crippen LogP contribution in [0.1, 0.15) is 54.4 Å². The van der Waals surface area contributed by atoms with Crippen molar-refractivity contribution in [3.05, 3.63) is 46.4 Å². The maximum absolute atomic E-state index is 6.01.